The van der Waals surface area contributed by atoms with E-state index >= 15 is 0 Å². The van der Waals surface area contributed by atoms with Gasteiger partial charge in [-0.2, -0.15) is 0 Å². The second kappa shape index (κ2) is 10.7. The smallest absolute Gasteiger partial charge is 0.309 e. The van der Waals surface area contributed by atoms with E-state index in [0.717, 1.165) is 69.8 Å². The molecule has 1 heterocycles. The van der Waals surface area contributed by atoms with Crippen molar-refractivity contribution in [2.75, 3.05) is 6.61 Å². The number of carbonyl (C=O) groups is 1. The lowest BCUT2D eigenvalue weighted by Gasteiger charge is -2.73. The molecule has 1 aliphatic heterocycles. The molecule has 5 N–H and O–H groups in total. The molecule has 6 fully saturated rings. The predicted octanol–water partition coefficient (Wildman–Crippen LogP) is 4.91. The number of aliphatic hydroxyl groups is 4. The number of carboxylic acid groups (broad SMARTS) is 1. The van der Waals surface area contributed by atoms with Gasteiger partial charge >= 0.3 is 5.97 Å². The standard InChI is InChI=1S/C36H58O8/c1-19(2)20-10-15-36(31(41)42)17-16-34(6)21(26(20)36)8-9-24-33(5)13-12-25(32(3,4)23(33)11-14-35(24,34)7)44-30-29(40)28(39)27(38)22(18-37)43-30/h20-30,37-40H,1,8-18H2,2-7H3,(H,41,42)/t20-,21?,22?,23?,24?,25-,26?,27?,28-,29?,30?,33-,34+,35+,36-/m0/s1. The highest BCUT2D eigenvalue weighted by atomic mass is 16.7. The number of rotatable bonds is 5. The minimum absolute atomic E-state index is 0.0688. The molecular weight excluding hydrogens is 560 g/mol. The van der Waals surface area contributed by atoms with Crippen molar-refractivity contribution in [1.82, 2.24) is 0 Å². The number of allylic oxidation sites excluding steroid dienone is 1. The summed E-state index contributed by atoms with van der Waals surface area (Å²) in [6.45, 7) is 18.1. The van der Waals surface area contributed by atoms with Gasteiger partial charge in [0.1, 0.15) is 24.4 Å². The lowest BCUT2D eigenvalue weighted by atomic mass is 9.32. The van der Waals surface area contributed by atoms with Crippen LogP contribution in [0.3, 0.4) is 0 Å². The molecule has 5 saturated carbocycles. The van der Waals surface area contributed by atoms with Crippen molar-refractivity contribution in [3.8, 4) is 0 Å². The number of hydrogen-bond donors (Lipinski definition) is 5. The van der Waals surface area contributed by atoms with Crippen LogP contribution in [0.25, 0.3) is 0 Å². The minimum atomic E-state index is -1.45. The van der Waals surface area contributed by atoms with Crippen LogP contribution in [0.5, 0.6) is 0 Å². The van der Waals surface area contributed by atoms with Crippen molar-refractivity contribution in [1.29, 1.82) is 0 Å². The summed E-state index contributed by atoms with van der Waals surface area (Å²) in [7, 11) is 0. The van der Waals surface area contributed by atoms with Crippen LogP contribution in [0.15, 0.2) is 12.2 Å². The van der Waals surface area contributed by atoms with Gasteiger partial charge in [0.15, 0.2) is 6.29 Å². The van der Waals surface area contributed by atoms with Crippen LogP contribution < -0.4 is 0 Å². The van der Waals surface area contributed by atoms with Crippen molar-refractivity contribution >= 4 is 5.97 Å². The highest BCUT2D eigenvalue weighted by Gasteiger charge is 2.72. The zero-order valence-electron chi connectivity index (χ0n) is 27.8. The first kappa shape index (κ1) is 32.9. The first-order chi connectivity index (χ1) is 20.5. The summed E-state index contributed by atoms with van der Waals surface area (Å²) in [5.74, 6) is 1.15. The van der Waals surface area contributed by atoms with Crippen molar-refractivity contribution in [3.05, 3.63) is 12.2 Å². The first-order valence-corrected chi connectivity index (χ1v) is 17.3. The van der Waals surface area contributed by atoms with E-state index in [1.807, 2.05) is 0 Å². The highest BCUT2D eigenvalue weighted by molar-refractivity contribution is 5.76. The second-order valence-electron chi connectivity index (χ2n) is 17.3. The molecule has 250 valence electrons. The third kappa shape index (κ3) is 4.26. The van der Waals surface area contributed by atoms with Gasteiger partial charge in [-0.15, -0.1) is 0 Å². The maximum atomic E-state index is 12.9. The lowest BCUT2D eigenvalue weighted by Crippen LogP contribution is -2.67. The van der Waals surface area contributed by atoms with Crippen molar-refractivity contribution in [3.63, 3.8) is 0 Å². The van der Waals surface area contributed by atoms with E-state index in [0.29, 0.717) is 17.8 Å². The SMILES string of the molecule is C=C(C)[C@@H]1CC[C@]2(C(=O)O)CC[C@]3(C)C(CCC4[C@@]5(C)CC[C@H](OC6OC(CO)C(O)[C@H](O)C6O)C(C)(C)C5CC[C@]43C)C12. The molecule has 0 bridgehead atoms. The summed E-state index contributed by atoms with van der Waals surface area (Å²) in [5, 5.41) is 51.7. The monoisotopic (exact) mass is 618 g/mol. The molecular formula is C36H58O8. The van der Waals surface area contributed by atoms with Gasteiger partial charge in [0.2, 0.25) is 0 Å². The number of aliphatic hydroxyl groups excluding tert-OH is 4. The second-order valence-corrected chi connectivity index (χ2v) is 17.3. The molecule has 0 radical (unpaired) electrons. The predicted molar refractivity (Wildman–Crippen MR) is 165 cm³/mol. The van der Waals surface area contributed by atoms with Crippen LogP contribution in [0.1, 0.15) is 106 Å². The van der Waals surface area contributed by atoms with Gasteiger partial charge in [-0.25, -0.2) is 0 Å². The van der Waals surface area contributed by atoms with E-state index in [4.69, 9.17) is 9.47 Å². The topological polar surface area (TPSA) is 137 Å². The van der Waals surface area contributed by atoms with E-state index in [1.165, 1.54) is 0 Å². The van der Waals surface area contributed by atoms with Crippen molar-refractivity contribution < 1.29 is 39.8 Å². The fraction of sp³-hybridized carbons (Fsp3) is 0.917. The Kier molecular flexibility index (Phi) is 8.03. The fourth-order valence-corrected chi connectivity index (χ4v) is 13.1. The Morgan fingerprint density at radius 2 is 1.55 bits per heavy atom. The molecule has 15 atom stereocenters. The molecule has 5 aliphatic carbocycles. The number of fused-ring (bicyclic) bond motifs is 7. The molecule has 8 nitrogen and oxygen atoms in total. The molecule has 0 aromatic heterocycles. The maximum absolute atomic E-state index is 12.9. The normalized spacial score (nSPS) is 54.8. The summed E-state index contributed by atoms with van der Waals surface area (Å²) in [6, 6.07) is 0. The van der Waals surface area contributed by atoms with E-state index in [1.54, 1.807) is 0 Å². The van der Waals surface area contributed by atoms with Crippen LogP contribution in [0.4, 0.5) is 0 Å². The van der Waals surface area contributed by atoms with Gasteiger partial charge in [-0.05, 0) is 122 Å². The van der Waals surface area contributed by atoms with E-state index in [9.17, 15) is 30.3 Å². The number of carboxylic acids is 1. The molecule has 0 amide bonds. The molecule has 44 heavy (non-hydrogen) atoms. The summed E-state index contributed by atoms with van der Waals surface area (Å²) >= 11 is 0. The van der Waals surface area contributed by atoms with Gasteiger partial charge in [-0.3, -0.25) is 4.79 Å². The molecule has 0 spiro atoms. The van der Waals surface area contributed by atoms with E-state index in [-0.39, 0.29) is 39.6 Å². The molecule has 8 heteroatoms. The Labute approximate surface area is 263 Å². The summed E-state index contributed by atoms with van der Waals surface area (Å²) in [6.07, 6.45) is 3.05. The first-order valence-electron chi connectivity index (χ1n) is 17.3. The maximum Gasteiger partial charge on any atom is 0.309 e. The molecule has 0 aromatic carbocycles. The Morgan fingerprint density at radius 1 is 0.841 bits per heavy atom. The third-order valence-corrected chi connectivity index (χ3v) is 15.6. The van der Waals surface area contributed by atoms with E-state index in [2.05, 4.69) is 48.1 Å². The van der Waals surface area contributed by atoms with Gasteiger partial charge in [0, 0.05) is 0 Å². The Morgan fingerprint density at radius 3 is 2.18 bits per heavy atom. The van der Waals surface area contributed by atoms with Crippen LogP contribution in [0.2, 0.25) is 0 Å². The average Bonchev–Trinajstić information content (AvgIpc) is 3.36. The Balaban J connectivity index is 1.27. The van der Waals surface area contributed by atoms with Gasteiger partial charge in [0.25, 0.3) is 0 Å². The zero-order valence-corrected chi connectivity index (χ0v) is 27.8. The molecule has 0 aromatic rings. The molecule has 1 saturated heterocycles. The fourth-order valence-electron chi connectivity index (χ4n) is 13.1. The molecule has 6 aliphatic rings. The van der Waals surface area contributed by atoms with Gasteiger partial charge in [0.05, 0.1) is 18.1 Å². The summed E-state index contributed by atoms with van der Waals surface area (Å²) in [5.41, 5.74) is 0.579. The minimum Gasteiger partial charge on any atom is -0.481 e. The van der Waals surface area contributed by atoms with Crippen LogP contribution in [-0.2, 0) is 14.3 Å². The number of hydrogen-bond acceptors (Lipinski definition) is 7. The van der Waals surface area contributed by atoms with Crippen LogP contribution in [0, 0.1) is 56.7 Å². The average molecular weight is 619 g/mol. The van der Waals surface area contributed by atoms with Crippen LogP contribution >= 0.6 is 0 Å². The van der Waals surface area contributed by atoms with Gasteiger partial charge < -0.3 is 35.0 Å². The Hall–Kier alpha value is -1.03. The molecule has 6 rings (SSSR count). The Bertz CT molecular complexity index is 1150. The quantitative estimate of drug-likeness (QED) is 0.217. The van der Waals surface area contributed by atoms with E-state index < -0.39 is 48.7 Å². The van der Waals surface area contributed by atoms with Crippen LogP contribution in [-0.4, -0.2) is 74.9 Å². The summed E-state index contributed by atoms with van der Waals surface area (Å²) in [4.78, 5) is 12.9. The van der Waals surface area contributed by atoms with Crippen molar-refractivity contribution in [2.45, 2.75) is 143 Å². The number of aliphatic carboxylic acids is 1. The summed E-state index contributed by atoms with van der Waals surface area (Å²) < 4.78 is 12.2. The molecule has 8 unspecified atom stereocenters. The van der Waals surface area contributed by atoms with Crippen molar-refractivity contribution in [2.24, 2.45) is 56.7 Å². The van der Waals surface area contributed by atoms with Gasteiger partial charge in [-0.1, -0.05) is 46.8 Å². The number of ether oxygens (including phenoxy) is 2. The lowest BCUT2D eigenvalue weighted by molar-refractivity contribution is -0.331. The zero-order chi connectivity index (χ0) is 32.2. The third-order valence-electron chi connectivity index (χ3n) is 15.6. The highest BCUT2D eigenvalue weighted by Crippen LogP contribution is 2.77. The largest absolute Gasteiger partial charge is 0.481 e.